The number of anilines is 1. The van der Waals surface area contributed by atoms with E-state index in [4.69, 9.17) is 4.52 Å². The summed E-state index contributed by atoms with van der Waals surface area (Å²) in [4.78, 5) is 17.0. The summed E-state index contributed by atoms with van der Waals surface area (Å²) in [6, 6.07) is 3.50. The Morgan fingerprint density at radius 2 is 2.15 bits per heavy atom. The Balaban J connectivity index is 1.74. The van der Waals surface area contributed by atoms with E-state index in [1.807, 2.05) is 27.7 Å². The molecular formula is C17H19N5O2S2. The van der Waals surface area contributed by atoms with Crippen molar-refractivity contribution in [1.82, 2.24) is 20.3 Å². The number of thioether (sulfide) groups is 1. The van der Waals surface area contributed by atoms with Crippen molar-refractivity contribution in [2.45, 2.75) is 44.4 Å². The Labute approximate surface area is 159 Å². The van der Waals surface area contributed by atoms with Gasteiger partial charge in [0.2, 0.25) is 5.13 Å². The molecule has 3 rings (SSSR count). The van der Waals surface area contributed by atoms with Gasteiger partial charge in [-0.25, -0.2) is 4.98 Å². The number of pyridine rings is 1. The second-order valence-electron chi connectivity index (χ2n) is 6.00. The van der Waals surface area contributed by atoms with Gasteiger partial charge in [0.25, 0.3) is 5.91 Å². The second-order valence-corrected chi connectivity index (χ2v) is 7.97. The van der Waals surface area contributed by atoms with E-state index in [0.29, 0.717) is 21.5 Å². The molecule has 9 heteroatoms. The van der Waals surface area contributed by atoms with E-state index in [2.05, 4.69) is 25.7 Å². The number of nitrogens with zero attached hydrogens (tertiary/aromatic N) is 4. The average Bonchev–Trinajstić information content (AvgIpc) is 3.21. The van der Waals surface area contributed by atoms with Crippen molar-refractivity contribution < 1.29 is 9.32 Å². The van der Waals surface area contributed by atoms with Crippen LogP contribution in [0, 0.1) is 13.8 Å². The molecule has 26 heavy (non-hydrogen) atoms. The van der Waals surface area contributed by atoms with Crippen LogP contribution in [0.5, 0.6) is 0 Å². The monoisotopic (exact) mass is 389 g/mol. The molecule has 0 radical (unpaired) electrons. The largest absolute Gasteiger partial charge is 0.361 e. The fourth-order valence-corrected chi connectivity index (χ4v) is 4.10. The molecule has 0 bridgehead atoms. The number of aromatic nitrogens is 4. The van der Waals surface area contributed by atoms with Crippen LogP contribution in [-0.2, 0) is 5.75 Å². The Morgan fingerprint density at radius 3 is 2.81 bits per heavy atom. The molecule has 7 nitrogen and oxygen atoms in total. The van der Waals surface area contributed by atoms with Crippen molar-refractivity contribution in [3.63, 3.8) is 0 Å². The number of carbonyl (C=O) groups is 1. The standard InChI is InChI=1S/C17H19N5O2S2/c1-9(2)15-20-21-17(26-15)19-14(23)12-6-5-7-18-16(12)25-8-13-10(3)22-24-11(13)4/h5-7,9H,8H2,1-4H3,(H,19,21,23). The van der Waals surface area contributed by atoms with Crippen LogP contribution >= 0.6 is 23.1 Å². The molecular weight excluding hydrogens is 370 g/mol. The summed E-state index contributed by atoms with van der Waals surface area (Å²) < 4.78 is 5.19. The van der Waals surface area contributed by atoms with Crippen molar-refractivity contribution in [2.75, 3.05) is 5.32 Å². The van der Waals surface area contributed by atoms with Crippen molar-refractivity contribution in [1.29, 1.82) is 0 Å². The summed E-state index contributed by atoms with van der Waals surface area (Å²) in [6.07, 6.45) is 1.67. The first-order chi connectivity index (χ1) is 12.5. The first kappa shape index (κ1) is 18.5. The fraction of sp³-hybridized carbons (Fsp3) is 0.353. The van der Waals surface area contributed by atoms with Gasteiger partial charge in [0.1, 0.15) is 15.8 Å². The van der Waals surface area contributed by atoms with Gasteiger partial charge in [-0.15, -0.1) is 22.0 Å². The van der Waals surface area contributed by atoms with E-state index in [0.717, 1.165) is 22.0 Å². The zero-order valence-electron chi connectivity index (χ0n) is 14.9. The highest BCUT2D eigenvalue weighted by Gasteiger charge is 2.17. The predicted octanol–water partition coefficient (Wildman–Crippen LogP) is 4.21. The summed E-state index contributed by atoms with van der Waals surface area (Å²) in [5.74, 6) is 1.45. The topological polar surface area (TPSA) is 93.8 Å². The molecule has 0 aromatic carbocycles. The van der Waals surface area contributed by atoms with E-state index >= 15 is 0 Å². The lowest BCUT2D eigenvalue weighted by Gasteiger charge is -2.07. The summed E-state index contributed by atoms with van der Waals surface area (Å²) in [5, 5.41) is 16.9. The van der Waals surface area contributed by atoms with Crippen LogP contribution in [0.1, 0.15) is 52.1 Å². The third kappa shape index (κ3) is 4.10. The molecule has 0 unspecified atom stereocenters. The quantitative estimate of drug-likeness (QED) is 0.631. The van der Waals surface area contributed by atoms with Crippen LogP contribution in [0.3, 0.4) is 0 Å². The molecule has 0 spiro atoms. The molecule has 0 aliphatic carbocycles. The predicted molar refractivity (Wildman–Crippen MR) is 102 cm³/mol. The van der Waals surface area contributed by atoms with Gasteiger partial charge in [-0.1, -0.05) is 30.3 Å². The maximum absolute atomic E-state index is 12.7. The summed E-state index contributed by atoms with van der Waals surface area (Å²) in [7, 11) is 0. The van der Waals surface area contributed by atoms with Gasteiger partial charge in [0.05, 0.1) is 11.3 Å². The van der Waals surface area contributed by atoms with Crippen molar-refractivity contribution in [2.24, 2.45) is 0 Å². The van der Waals surface area contributed by atoms with Gasteiger partial charge in [0, 0.05) is 23.4 Å². The number of amides is 1. The lowest BCUT2D eigenvalue weighted by Crippen LogP contribution is -2.13. The molecule has 0 saturated heterocycles. The average molecular weight is 390 g/mol. The minimum atomic E-state index is -0.245. The number of aryl methyl sites for hydroxylation is 2. The lowest BCUT2D eigenvalue weighted by molar-refractivity contribution is 0.102. The first-order valence-electron chi connectivity index (χ1n) is 8.10. The van der Waals surface area contributed by atoms with E-state index < -0.39 is 0 Å². The highest BCUT2D eigenvalue weighted by atomic mass is 32.2. The number of nitrogens with one attached hydrogen (secondary N) is 1. The van der Waals surface area contributed by atoms with Crippen molar-refractivity contribution in [3.8, 4) is 0 Å². The first-order valence-corrected chi connectivity index (χ1v) is 9.90. The minimum absolute atomic E-state index is 0.245. The zero-order valence-corrected chi connectivity index (χ0v) is 16.6. The summed E-state index contributed by atoms with van der Waals surface area (Å²) in [5.41, 5.74) is 2.38. The highest BCUT2D eigenvalue weighted by Crippen LogP contribution is 2.28. The van der Waals surface area contributed by atoms with Gasteiger partial charge in [0.15, 0.2) is 0 Å². The molecule has 3 aromatic heterocycles. The molecule has 0 aliphatic heterocycles. The van der Waals surface area contributed by atoms with Crippen molar-refractivity contribution in [3.05, 3.63) is 45.9 Å². The van der Waals surface area contributed by atoms with Crippen molar-refractivity contribution >= 4 is 34.1 Å². The highest BCUT2D eigenvalue weighted by molar-refractivity contribution is 7.98. The molecule has 0 saturated carbocycles. The molecule has 0 aliphatic rings. The smallest absolute Gasteiger partial charge is 0.260 e. The number of carbonyl (C=O) groups excluding carboxylic acids is 1. The third-order valence-corrected chi connectivity index (χ3v) is 5.88. The minimum Gasteiger partial charge on any atom is -0.361 e. The van der Waals surface area contributed by atoms with E-state index in [-0.39, 0.29) is 11.8 Å². The van der Waals surface area contributed by atoms with Gasteiger partial charge in [-0.2, -0.15) is 0 Å². The van der Waals surface area contributed by atoms with Gasteiger partial charge in [-0.3, -0.25) is 10.1 Å². The van der Waals surface area contributed by atoms with Crippen LogP contribution in [0.2, 0.25) is 0 Å². The van der Waals surface area contributed by atoms with Gasteiger partial charge in [-0.05, 0) is 26.0 Å². The Hall–Kier alpha value is -2.26. The van der Waals surface area contributed by atoms with Crippen LogP contribution in [-0.4, -0.2) is 26.2 Å². The number of hydrogen-bond acceptors (Lipinski definition) is 8. The maximum atomic E-state index is 12.7. The van der Waals surface area contributed by atoms with Crippen LogP contribution in [0.15, 0.2) is 27.9 Å². The molecule has 0 atom stereocenters. The lowest BCUT2D eigenvalue weighted by atomic mass is 10.2. The van der Waals surface area contributed by atoms with E-state index in [1.165, 1.54) is 23.1 Å². The normalized spacial score (nSPS) is 11.1. The van der Waals surface area contributed by atoms with Crippen LogP contribution in [0.4, 0.5) is 5.13 Å². The fourth-order valence-electron chi connectivity index (χ4n) is 2.21. The zero-order chi connectivity index (χ0) is 18.7. The van der Waals surface area contributed by atoms with Gasteiger partial charge < -0.3 is 4.52 Å². The molecule has 3 aromatic rings. The Kier molecular flexibility index (Phi) is 5.67. The summed E-state index contributed by atoms with van der Waals surface area (Å²) in [6.45, 7) is 7.86. The molecule has 1 amide bonds. The van der Waals surface area contributed by atoms with Crippen LogP contribution < -0.4 is 5.32 Å². The number of hydrogen-bond donors (Lipinski definition) is 1. The molecule has 0 fully saturated rings. The Bertz CT molecular complexity index is 900. The maximum Gasteiger partial charge on any atom is 0.260 e. The van der Waals surface area contributed by atoms with Crippen LogP contribution in [0.25, 0.3) is 0 Å². The molecule has 136 valence electrons. The Morgan fingerprint density at radius 1 is 1.35 bits per heavy atom. The number of rotatable bonds is 6. The molecule has 3 heterocycles. The second kappa shape index (κ2) is 7.96. The van der Waals surface area contributed by atoms with E-state index in [1.54, 1.807) is 18.3 Å². The van der Waals surface area contributed by atoms with E-state index in [9.17, 15) is 4.79 Å². The third-order valence-electron chi connectivity index (χ3n) is 3.71. The summed E-state index contributed by atoms with van der Waals surface area (Å²) >= 11 is 2.86. The SMILES string of the molecule is Cc1noc(C)c1CSc1ncccc1C(=O)Nc1nnc(C(C)C)s1. The van der Waals surface area contributed by atoms with Gasteiger partial charge >= 0.3 is 0 Å². The molecule has 1 N–H and O–H groups in total.